The topological polar surface area (TPSA) is 82.8 Å². The molecule has 0 aliphatic carbocycles. The third-order valence-electron chi connectivity index (χ3n) is 3.36. The van der Waals surface area contributed by atoms with Crippen LogP contribution < -0.4 is 16.0 Å². The second-order valence-corrected chi connectivity index (χ2v) is 6.02. The van der Waals surface area contributed by atoms with Gasteiger partial charge in [0.1, 0.15) is 18.5 Å². The quantitative estimate of drug-likeness (QED) is 0.501. The maximum atomic E-state index is 11.3. The summed E-state index contributed by atoms with van der Waals surface area (Å²) in [6.45, 7) is 8.09. The number of carbonyl (C=O) groups excluding carboxylic acids is 1. The highest BCUT2D eigenvalue weighted by atomic mass is 16.8. The number of hydrogen-bond acceptors (Lipinski definition) is 5. The first-order valence-electron chi connectivity index (χ1n) is 6.85. The lowest BCUT2D eigenvalue weighted by molar-refractivity contribution is -0.158. The van der Waals surface area contributed by atoms with Crippen LogP contribution in [0.1, 0.15) is 38.1 Å². The van der Waals surface area contributed by atoms with Crippen molar-refractivity contribution >= 4 is 5.91 Å². The van der Waals surface area contributed by atoms with Crippen molar-refractivity contribution in [3.63, 3.8) is 0 Å². The van der Waals surface area contributed by atoms with E-state index in [1.54, 1.807) is 24.3 Å². The third kappa shape index (κ3) is 3.72. The molecule has 0 saturated carbocycles. The van der Waals surface area contributed by atoms with E-state index < -0.39 is 11.4 Å². The SMILES string of the molecule is CC1(C)O[C@@H](COc2ccc(C(=O)NN)cc2)C(C)(C)O1. The monoisotopic (exact) mass is 294 g/mol. The van der Waals surface area contributed by atoms with Crippen LogP contribution in [0.4, 0.5) is 0 Å². The Morgan fingerprint density at radius 2 is 1.90 bits per heavy atom. The van der Waals surface area contributed by atoms with E-state index in [4.69, 9.17) is 20.1 Å². The van der Waals surface area contributed by atoms with Crippen LogP contribution in [0.25, 0.3) is 0 Å². The summed E-state index contributed by atoms with van der Waals surface area (Å²) in [5.41, 5.74) is 2.15. The van der Waals surface area contributed by atoms with E-state index in [2.05, 4.69) is 5.43 Å². The highest BCUT2D eigenvalue weighted by Crippen LogP contribution is 2.36. The Balaban J connectivity index is 1.96. The smallest absolute Gasteiger partial charge is 0.265 e. The maximum Gasteiger partial charge on any atom is 0.265 e. The number of nitrogen functional groups attached to an aromatic ring is 1. The summed E-state index contributed by atoms with van der Waals surface area (Å²) < 4.78 is 17.4. The van der Waals surface area contributed by atoms with Crippen molar-refractivity contribution in [3.8, 4) is 5.75 Å². The molecule has 3 N–H and O–H groups in total. The van der Waals surface area contributed by atoms with Gasteiger partial charge in [0.2, 0.25) is 0 Å². The van der Waals surface area contributed by atoms with Gasteiger partial charge in [-0.3, -0.25) is 10.2 Å². The Morgan fingerprint density at radius 3 is 2.38 bits per heavy atom. The molecule has 0 aromatic heterocycles. The zero-order chi connectivity index (χ0) is 15.7. The first-order chi connectivity index (χ1) is 9.73. The molecule has 116 valence electrons. The van der Waals surface area contributed by atoms with Gasteiger partial charge in [0.15, 0.2) is 5.79 Å². The van der Waals surface area contributed by atoms with Crippen molar-refractivity contribution in [2.45, 2.75) is 45.2 Å². The highest BCUT2D eigenvalue weighted by molar-refractivity contribution is 5.93. The van der Waals surface area contributed by atoms with E-state index in [9.17, 15) is 4.79 Å². The van der Waals surface area contributed by atoms with Gasteiger partial charge in [0.25, 0.3) is 5.91 Å². The number of benzene rings is 1. The molecule has 6 heteroatoms. The van der Waals surface area contributed by atoms with Gasteiger partial charge in [-0.15, -0.1) is 0 Å². The first kappa shape index (κ1) is 15.8. The van der Waals surface area contributed by atoms with Crippen LogP contribution >= 0.6 is 0 Å². The van der Waals surface area contributed by atoms with Crippen molar-refractivity contribution in [1.29, 1.82) is 0 Å². The molecule has 1 atom stereocenters. The van der Waals surface area contributed by atoms with E-state index in [0.717, 1.165) is 0 Å². The van der Waals surface area contributed by atoms with Gasteiger partial charge in [-0.1, -0.05) is 0 Å². The summed E-state index contributed by atoms with van der Waals surface area (Å²) in [4.78, 5) is 11.3. The Bertz CT molecular complexity index is 511. The van der Waals surface area contributed by atoms with Crippen molar-refractivity contribution in [1.82, 2.24) is 5.43 Å². The average Bonchev–Trinajstić information content (AvgIpc) is 2.63. The van der Waals surface area contributed by atoms with Crippen LogP contribution in [0.2, 0.25) is 0 Å². The van der Waals surface area contributed by atoms with Crippen LogP contribution in [0.15, 0.2) is 24.3 Å². The van der Waals surface area contributed by atoms with Gasteiger partial charge < -0.3 is 14.2 Å². The average molecular weight is 294 g/mol. The summed E-state index contributed by atoms with van der Waals surface area (Å²) in [6, 6.07) is 6.74. The molecule has 0 spiro atoms. The van der Waals surface area contributed by atoms with Crippen LogP contribution in [0.5, 0.6) is 5.75 Å². The molecule has 1 aromatic rings. The molecular weight excluding hydrogens is 272 g/mol. The number of ether oxygens (including phenoxy) is 3. The fourth-order valence-electron chi connectivity index (χ4n) is 2.40. The molecule has 1 aromatic carbocycles. The minimum atomic E-state index is -0.611. The molecule has 0 radical (unpaired) electrons. The van der Waals surface area contributed by atoms with E-state index in [1.807, 2.05) is 27.7 Å². The molecule has 6 nitrogen and oxygen atoms in total. The van der Waals surface area contributed by atoms with Crippen LogP contribution in [0, 0.1) is 0 Å². The summed E-state index contributed by atoms with van der Waals surface area (Å²) in [7, 11) is 0. The molecule has 1 heterocycles. The van der Waals surface area contributed by atoms with Crippen molar-refractivity contribution < 1.29 is 19.0 Å². The highest BCUT2D eigenvalue weighted by Gasteiger charge is 2.47. The van der Waals surface area contributed by atoms with Gasteiger partial charge in [-0.2, -0.15) is 0 Å². The molecule has 2 rings (SSSR count). The van der Waals surface area contributed by atoms with Crippen molar-refractivity contribution in [2.24, 2.45) is 5.84 Å². The lowest BCUT2D eigenvalue weighted by Gasteiger charge is -2.23. The molecule has 0 bridgehead atoms. The predicted octanol–water partition coefficient (Wildman–Crippen LogP) is 1.60. The lowest BCUT2D eigenvalue weighted by Crippen LogP contribution is -2.37. The Morgan fingerprint density at radius 1 is 1.29 bits per heavy atom. The molecule has 0 unspecified atom stereocenters. The standard InChI is InChI=1S/C15H22N2O4/c1-14(2)12(20-15(3,4)21-14)9-19-11-7-5-10(6-8-11)13(18)17-16/h5-8,12H,9,16H2,1-4H3,(H,17,18)/t12-/m0/s1. The van der Waals surface area contributed by atoms with E-state index in [-0.39, 0.29) is 12.0 Å². The molecule has 1 aliphatic rings. The number of carbonyl (C=O) groups is 1. The fraction of sp³-hybridized carbons (Fsp3) is 0.533. The Hall–Kier alpha value is -1.63. The van der Waals surface area contributed by atoms with E-state index in [0.29, 0.717) is 17.9 Å². The van der Waals surface area contributed by atoms with Crippen molar-refractivity contribution in [3.05, 3.63) is 29.8 Å². The van der Waals surface area contributed by atoms with Gasteiger partial charge >= 0.3 is 0 Å². The second-order valence-electron chi connectivity index (χ2n) is 6.02. The molecule has 1 fully saturated rings. The maximum absolute atomic E-state index is 11.3. The van der Waals surface area contributed by atoms with E-state index >= 15 is 0 Å². The third-order valence-corrected chi connectivity index (χ3v) is 3.36. The number of nitrogens with one attached hydrogen (secondary N) is 1. The molecular formula is C15H22N2O4. The Labute approximate surface area is 124 Å². The largest absolute Gasteiger partial charge is 0.491 e. The molecule has 1 amide bonds. The molecule has 21 heavy (non-hydrogen) atoms. The van der Waals surface area contributed by atoms with Crippen molar-refractivity contribution in [2.75, 3.05) is 6.61 Å². The number of hydrogen-bond donors (Lipinski definition) is 2. The molecule has 1 saturated heterocycles. The minimum Gasteiger partial charge on any atom is -0.491 e. The zero-order valence-electron chi connectivity index (χ0n) is 12.8. The van der Waals surface area contributed by atoms with Gasteiger partial charge in [0, 0.05) is 5.56 Å². The second kappa shape index (κ2) is 5.63. The number of amides is 1. The van der Waals surface area contributed by atoms with Crippen LogP contribution in [-0.2, 0) is 9.47 Å². The lowest BCUT2D eigenvalue weighted by atomic mass is 10.0. The minimum absolute atomic E-state index is 0.167. The number of nitrogens with two attached hydrogens (primary N) is 1. The first-order valence-corrected chi connectivity index (χ1v) is 6.85. The van der Waals surface area contributed by atoms with Crippen LogP contribution in [0.3, 0.4) is 0 Å². The van der Waals surface area contributed by atoms with Crippen LogP contribution in [-0.4, -0.2) is 30.0 Å². The van der Waals surface area contributed by atoms with E-state index in [1.165, 1.54) is 0 Å². The number of hydrazine groups is 1. The summed E-state index contributed by atoms with van der Waals surface area (Å²) in [6.07, 6.45) is -0.167. The Kier molecular flexibility index (Phi) is 4.22. The predicted molar refractivity (Wildman–Crippen MR) is 77.7 cm³/mol. The van der Waals surface area contributed by atoms with Gasteiger partial charge in [-0.25, -0.2) is 5.84 Å². The van der Waals surface area contributed by atoms with Gasteiger partial charge in [0.05, 0.1) is 5.60 Å². The van der Waals surface area contributed by atoms with Gasteiger partial charge in [-0.05, 0) is 52.0 Å². The summed E-state index contributed by atoms with van der Waals surface area (Å²) in [5, 5.41) is 0. The zero-order valence-corrected chi connectivity index (χ0v) is 12.8. The fourth-order valence-corrected chi connectivity index (χ4v) is 2.40. The number of rotatable bonds is 4. The summed E-state index contributed by atoms with van der Waals surface area (Å²) in [5.74, 6) is 4.79. The molecule has 1 aliphatic heterocycles. The normalized spacial score (nSPS) is 22.8. The summed E-state index contributed by atoms with van der Waals surface area (Å²) >= 11 is 0.